The molecule has 2 aromatic rings. The number of methoxy groups -OCH3 is 1. The highest BCUT2D eigenvalue weighted by Crippen LogP contribution is 2.79. The lowest BCUT2D eigenvalue weighted by Crippen LogP contribution is -2.67. The minimum Gasteiger partial charge on any atom is -0.491 e. The number of aromatic nitrogens is 2. The Bertz CT molecular complexity index is 2180. The molecule has 10 heteroatoms. The van der Waals surface area contributed by atoms with Gasteiger partial charge < -0.3 is 29.2 Å². The Morgan fingerprint density at radius 3 is 2.22 bits per heavy atom. The maximum absolute atomic E-state index is 15.8. The van der Waals surface area contributed by atoms with Gasteiger partial charge in [0.2, 0.25) is 5.91 Å². The first-order valence-corrected chi connectivity index (χ1v) is 25.8. The molecule has 2 heterocycles. The maximum Gasteiger partial charge on any atom is 0.309 e. The zero-order valence-corrected chi connectivity index (χ0v) is 41.1. The van der Waals surface area contributed by atoms with Gasteiger partial charge in [-0.3, -0.25) is 14.4 Å². The van der Waals surface area contributed by atoms with Crippen molar-refractivity contribution in [1.82, 2.24) is 14.9 Å². The van der Waals surface area contributed by atoms with E-state index in [0.717, 1.165) is 80.7 Å². The first-order valence-electron chi connectivity index (χ1n) is 25.8. The predicted octanol–water partition coefficient (Wildman–Crippen LogP) is 11.3. The van der Waals surface area contributed by atoms with E-state index in [1.165, 1.54) is 38.5 Å². The number of carbonyl (C=O) groups excluding carboxylic acids is 2. The Morgan fingerprint density at radius 2 is 1.52 bits per heavy atom. The van der Waals surface area contributed by atoms with Gasteiger partial charge in [0, 0.05) is 19.1 Å². The second-order valence-corrected chi connectivity index (χ2v) is 25.1. The lowest BCUT2D eigenvalue weighted by molar-refractivity contribution is -0.253. The lowest BCUT2D eigenvalue weighted by atomic mass is 9.32. The largest absolute Gasteiger partial charge is 0.491 e. The zero-order chi connectivity index (χ0) is 46.1. The van der Waals surface area contributed by atoms with E-state index in [-0.39, 0.29) is 51.1 Å². The van der Waals surface area contributed by atoms with Crippen molar-refractivity contribution >= 4 is 17.8 Å². The molecule has 1 amide bonds. The van der Waals surface area contributed by atoms with Crippen LogP contribution < -0.4 is 4.74 Å². The van der Waals surface area contributed by atoms with Gasteiger partial charge >= 0.3 is 11.9 Å². The van der Waals surface area contributed by atoms with Crippen LogP contribution in [0.5, 0.6) is 5.75 Å². The van der Waals surface area contributed by atoms with Gasteiger partial charge in [-0.25, -0.2) is 4.98 Å². The van der Waals surface area contributed by atoms with Crippen LogP contribution in [0.25, 0.3) is 11.3 Å². The van der Waals surface area contributed by atoms with E-state index < -0.39 is 17.3 Å². The molecule has 0 spiro atoms. The summed E-state index contributed by atoms with van der Waals surface area (Å²) in [6, 6.07) is 8.09. The smallest absolute Gasteiger partial charge is 0.309 e. The quantitative estimate of drug-likeness (QED) is 0.168. The fraction of sp³-hybridized carbons (Fsp3) is 0.782. The molecule has 7 aliphatic carbocycles. The number of ether oxygens (including phenoxy) is 3. The molecular weight excluding hydrogens is 815 g/mol. The number of carboxylic acid groups (broad SMARTS) is 1. The van der Waals surface area contributed by atoms with Crippen LogP contribution in [-0.2, 0) is 23.9 Å². The Balaban J connectivity index is 0.887. The molecule has 10 rings (SSSR count). The van der Waals surface area contributed by atoms with E-state index in [1.807, 2.05) is 32.2 Å². The van der Waals surface area contributed by atoms with Gasteiger partial charge in [0.05, 0.1) is 41.8 Å². The number of benzene rings is 1. The van der Waals surface area contributed by atoms with Crippen LogP contribution in [0.4, 0.5) is 0 Å². The van der Waals surface area contributed by atoms with E-state index in [0.29, 0.717) is 60.5 Å². The highest BCUT2D eigenvalue weighted by atomic mass is 16.5. The summed E-state index contributed by atoms with van der Waals surface area (Å²) >= 11 is 0. The molecule has 8 aliphatic rings. The summed E-state index contributed by atoms with van der Waals surface area (Å²) < 4.78 is 17.4. The van der Waals surface area contributed by atoms with E-state index >= 15 is 4.79 Å². The van der Waals surface area contributed by atoms with Crippen LogP contribution in [-0.4, -0.2) is 70.8 Å². The summed E-state index contributed by atoms with van der Waals surface area (Å²) in [6.45, 7) is 21.0. The highest BCUT2D eigenvalue weighted by Gasteiger charge is 2.74. The minimum atomic E-state index is -0.814. The molecule has 7 saturated carbocycles. The number of hydrogen-bond donors (Lipinski definition) is 2. The molecule has 10 nitrogen and oxygen atoms in total. The average Bonchev–Trinajstić information content (AvgIpc) is 3.63. The number of carboxylic acids is 1. The Morgan fingerprint density at radius 1 is 0.769 bits per heavy atom. The highest BCUT2D eigenvalue weighted by molar-refractivity contribution is 5.85. The second-order valence-electron chi connectivity index (χ2n) is 25.1. The number of amides is 1. The molecule has 8 fully saturated rings. The van der Waals surface area contributed by atoms with Gasteiger partial charge in [0.15, 0.2) is 0 Å². The predicted molar refractivity (Wildman–Crippen MR) is 249 cm³/mol. The molecule has 1 aliphatic heterocycles. The lowest BCUT2D eigenvalue weighted by Gasteiger charge is -2.73. The summed E-state index contributed by atoms with van der Waals surface area (Å²) in [5, 5.41) is 9.74. The van der Waals surface area contributed by atoms with Crippen molar-refractivity contribution in [2.75, 3.05) is 26.9 Å². The summed E-state index contributed by atoms with van der Waals surface area (Å²) in [7, 11) is 1.68. The topological polar surface area (TPSA) is 131 Å². The molecule has 0 bridgehead atoms. The fourth-order valence-corrected chi connectivity index (χ4v) is 17.7. The third kappa shape index (κ3) is 6.67. The molecule has 356 valence electrons. The number of likely N-dealkylation sites (tertiary alicyclic amines) is 1. The van der Waals surface area contributed by atoms with Crippen molar-refractivity contribution in [2.45, 2.75) is 164 Å². The molecule has 1 aromatic heterocycles. The Kier molecular flexibility index (Phi) is 10.9. The number of esters is 1. The molecule has 2 N–H and O–H groups in total. The number of rotatable bonds is 11. The average molecular weight is 894 g/mol. The first kappa shape index (κ1) is 45.4. The third-order valence-electron chi connectivity index (χ3n) is 22.0. The number of fused-ring (bicyclic) bond motifs is 7. The van der Waals surface area contributed by atoms with Crippen LogP contribution in [0.2, 0.25) is 0 Å². The zero-order valence-electron chi connectivity index (χ0n) is 41.1. The number of imidazole rings is 1. The number of H-pyrrole nitrogens is 1. The summed E-state index contributed by atoms with van der Waals surface area (Å²) in [5.74, 6) is 2.81. The molecule has 13 atom stereocenters. The van der Waals surface area contributed by atoms with Crippen LogP contribution in [0.15, 0.2) is 30.5 Å². The van der Waals surface area contributed by atoms with E-state index in [1.54, 1.807) is 7.11 Å². The summed E-state index contributed by atoms with van der Waals surface area (Å²) in [5.41, 5.74) is 1.70. The monoisotopic (exact) mass is 894 g/mol. The van der Waals surface area contributed by atoms with E-state index in [9.17, 15) is 14.7 Å². The second kappa shape index (κ2) is 15.6. The normalized spacial score (nSPS) is 41.8. The van der Waals surface area contributed by atoms with Crippen molar-refractivity contribution in [1.29, 1.82) is 0 Å². The maximum atomic E-state index is 15.8. The summed E-state index contributed by atoms with van der Waals surface area (Å²) in [6.07, 6.45) is 17.6. The van der Waals surface area contributed by atoms with Gasteiger partial charge in [-0.05, 0) is 183 Å². The SMILES string of the molecule is COCCOc1ccc(-c2cnc([C@@H]3CCCN3C(=O)[C@]34CC[C@@H](C5(C)CC5)[C@@H]3[C@H]3CC[C@@H]5[C@@]6(C)CC[C@H](OC(=O)[C@H]7C[C@@H](C(=O)O)C7(C)C)C(C)(C)[C@@H]6CC[C@@]5(C)[C@]3(C)CC4)[nH]2)cc1. The number of aromatic amines is 1. The first-order chi connectivity index (χ1) is 30.7. The molecule has 1 saturated heterocycles. The molecular formula is C55H79N3O7. The fourth-order valence-electron chi connectivity index (χ4n) is 17.7. The van der Waals surface area contributed by atoms with Crippen molar-refractivity contribution in [2.24, 2.45) is 79.3 Å². The number of nitrogens with one attached hydrogen (secondary N) is 1. The number of carbonyl (C=O) groups is 3. The van der Waals surface area contributed by atoms with Gasteiger partial charge in [-0.2, -0.15) is 0 Å². The van der Waals surface area contributed by atoms with Crippen LogP contribution in [0, 0.1) is 79.3 Å². The van der Waals surface area contributed by atoms with E-state index in [4.69, 9.17) is 19.2 Å². The minimum absolute atomic E-state index is 0.0325. The van der Waals surface area contributed by atoms with Gasteiger partial charge in [-0.1, -0.05) is 55.4 Å². The molecule has 0 radical (unpaired) electrons. The van der Waals surface area contributed by atoms with Gasteiger partial charge in [0.25, 0.3) is 0 Å². The Labute approximate surface area is 388 Å². The van der Waals surface area contributed by atoms with Crippen LogP contribution in [0.3, 0.4) is 0 Å². The third-order valence-corrected chi connectivity index (χ3v) is 22.0. The van der Waals surface area contributed by atoms with Crippen LogP contribution in [0.1, 0.15) is 164 Å². The number of aliphatic carboxylic acids is 1. The number of nitrogens with zero attached hydrogens (tertiary/aromatic N) is 2. The van der Waals surface area contributed by atoms with Gasteiger partial charge in [-0.15, -0.1) is 0 Å². The standard InChI is InChI=1S/C55H79N3O7/c1-49(2)37(46(59)60)31-38(49)47(61)65-43-20-21-52(6)41(50(43,3)4)19-22-54(8)42(52)17-16-36-44-35(51(5)24-25-51)18-23-55(44,27-26-53(36,54)7)48(62)58-28-10-11-40(58)45-56-32-39(57-45)33-12-14-34(15-13-33)64-30-29-63-9/h12-15,32,35-38,40-44H,10-11,16-31H2,1-9H3,(H,56,57)(H,59,60)/t35-,36-,37+,38-,40+,41+,42-,43+,44-,52+,53-,54-,55+/m1/s1. The molecule has 0 unspecified atom stereocenters. The van der Waals surface area contributed by atoms with Crippen molar-refractivity contribution in [3.8, 4) is 17.0 Å². The van der Waals surface area contributed by atoms with Crippen LogP contribution >= 0.6 is 0 Å². The van der Waals surface area contributed by atoms with E-state index in [2.05, 4.69) is 63.6 Å². The van der Waals surface area contributed by atoms with Gasteiger partial charge in [0.1, 0.15) is 24.3 Å². The number of hydrogen-bond acceptors (Lipinski definition) is 7. The molecule has 65 heavy (non-hydrogen) atoms. The summed E-state index contributed by atoms with van der Waals surface area (Å²) in [4.78, 5) is 52.4. The van der Waals surface area contributed by atoms with Crippen molar-refractivity contribution in [3.63, 3.8) is 0 Å². The van der Waals surface area contributed by atoms with Crippen molar-refractivity contribution < 1.29 is 33.7 Å². The van der Waals surface area contributed by atoms with Crippen molar-refractivity contribution in [3.05, 3.63) is 36.3 Å². The molecule has 1 aromatic carbocycles. The Hall–Kier alpha value is -3.40.